The minimum absolute atomic E-state index is 0.0819. The normalized spacial score (nSPS) is 10.8. The highest BCUT2D eigenvalue weighted by Gasteiger charge is 2.27. The van der Waals surface area contributed by atoms with Gasteiger partial charge < -0.3 is 16.0 Å². The van der Waals surface area contributed by atoms with Crippen LogP contribution < -0.4 is 16.0 Å². The van der Waals surface area contributed by atoms with Crippen molar-refractivity contribution >= 4 is 34.9 Å². The van der Waals surface area contributed by atoms with Crippen LogP contribution in [-0.2, 0) is 4.79 Å². The van der Waals surface area contributed by atoms with E-state index in [9.17, 15) is 22.8 Å². The highest BCUT2D eigenvalue weighted by atomic mass is 35.5. The number of halogens is 4. The zero-order valence-electron chi connectivity index (χ0n) is 10.3. The number of rotatable bonds is 3. The molecule has 20 heavy (non-hydrogen) atoms. The Hall–Kier alpha value is -1.96. The van der Waals surface area contributed by atoms with Crippen LogP contribution in [0.2, 0.25) is 5.02 Å². The van der Waals surface area contributed by atoms with E-state index in [0.29, 0.717) is 5.69 Å². The number of benzene rings is 1. The maximum absolute atomic E-state index is 11.9. The summed E-state index contributed by atoms with van der Waals surface area (Å²) >= 11 is 5.83. The molecule has 0 bridgehead atoms. The average molecular weight is 310 g/mol. The minimum atomic E-state index is -4.49. The van der Waals surface area contributed by atoms with Crippen molar-refractivity contribution < 1.29 is 22.8 Å². The summed E-state index contributed by atoms with van der Waals surface area (Å²) in [5, 5.41) is 6.36. The van der Waals surface area contributed by atoms with Gasteiger partial charge in [-0.1, -0.05) is 11.6 Å². The molecule has 0 saturated carbocycles. The molecular weight excluding hydrogens is 299 g/mol. The highest BCUT2D eigenvalue weighted by molar-refractivity contribution is 6.34. The molecule has 110 valence electrons. The van der Waals surface area contributed by atoms with Gasteiger partial charge in [-0.3, -0.25) is 4.79 Å². The number of hydrogen-bond acceptors (Lipinski definition) is 2. The van der Waals surface area contributed by atoms with Crippen molar-refractivity contribution in [1.82, 2.24) is 5.32 Å². The summed E-state index contributed by atoms with van der Waals surface area (Å²) in [4.78, 5) is 22.0. The molecule has 0 fully saturated rings. The maximum atomic E-state index is 11.9. The Morgan fingerprint density at radius 3 is 2.40 bits per heavy atom. The van der Waals surface area contributed by atoms with Crippen molar-refractivity contribution in [2.75, 3.05) is 17.2 Å². The first-order valence-electron chi connectivity index (χ1n) is 5.36. The van der Waals surface area contributed by atoms with Crippen LogP contribution in [0.4, 0.5) is 29.3 Å². The maximum Gasteiger partial charge on any atom is 0.405 e. The Kier molecular flexibility index (Phi) is 5.20. The van der Waals surface area contributed by atoms with Crippen LogP contribution in [-0.4, -0.2) is 24.7 Å². The Morgan fingerprint density at radius 2 is 1.90 bits per heavy atom. The van der Waals surface area contributed by atoms with E-state index < -0.39 is 18.8 Å². The van der Waals surface area contributed by atoms with Crippen LogP contribution in [0, 0.1) is 0 Å². The summed E-state index contributed by atoms with van der Waals surface area (Å²) in [6.45, 7) is -0.134. The molecule has 0 radical (unpaired) electrons. The van der Waals surface area contributed by atoms with Gasteiger partial charge in [0.1, 0.15) is 6.54 Å². The number of anilines is 2. The third-order valence-corrected chi connectivity index (χ3v) is 2.30. The predicted molar refractivity (Wildman–Crippen MR) is 68.8 cm³/mol. The second-order valence-electron chi connectivity index (χ2n) is 3.80. The summed E-state index contributed by atoms with van der Waals surface area (Å²) in [6, 6.07) is 3.15. The molecule has 9 heteroatoms. The van der Waals surface area contributed by atoms with Crippen LogP contribution >= 0.6 is 11.6 Å². The van der Waals surface area contributed by atoms with Crippen molar-refractivity contribution in [3.63, 3.8) is 0 Å². The van der Waals surface area contributed by atoms with Crippen molar-refractivity contribution in [1.29, 1.82) is 0 Å². The van der Waals surface area contributed by atoms with E-state index in [4.69, 9.17) is 11.6 Å². The summed E-state index contributed by atoms with van der Waals surface area (Å²) in [6.07, 6.45) is -4.49. The van der Waals surface area contributed by atoms with Crippen molar-refractivity contribution in [2.45, 2.75) is 13.1 Å². The lowest BCUT2D eigenvalue weighted by molar-refractivity contribution is -0.122. The Morgan fingerprint density at radius 1 is 1.25 bits per heavy atom. The molecule has 1 aromatic carbocycles. The Bertz CT molecular complexity index is 520. The number of carbonyl (C=O) groups is 2. The molecule has 3 N–H and O–H groups in total. The molecule has 5 nitrogen and oxygen atoms in total. The number of alkyl halides is 3. The summed E-state index contributed by atoms with van der Waals surface area (Å²) in [7, 11) is 0. The van der Waals surface area contributed by atoms with Gasteiger partial charge in [-0.15, -0.1) is 0 Å². The minimum Gasteiger partial charge on any atom is -0.329 e. The molecule has 0 saturated heterocycles. The van der Waals surface area contributed by atoms with Crippen LogP contribution in [0.15, 0.2) is 18.2 Å². The van der Waals surface area contributed by atoms with Gasteiger partial charge in [0.15, 0.2) is 0 Å². The fraction of sp³-hybridized carbons (Fsp3) is 0.273. The molecule has 0 aliphatic carbocycles. The fourth-order valence-electron chi connectivity index (χ4n) is 1.24. The second kappa shape index (κ2) is 6.47. The van der Waals surface area contributed by atoms with Gasteiger partial charge in [-0.2, -0.15) is 13.2 Å². The number of carbonyl (C=O) groups excluding carboxylic acids is 2. The number of urea groups is 1. The van der Waals surface area contributed by atoms with E-state index in [1.807, 2.05) is 0 Å². The molecule has 3 amide bonds. The SMILES string of the molecule is CC(=O)Nc1ccc(NC(=O)NCC(F)(F)F)c(Cl)c1. The van der Waals surface area contributed by atoms with Gasteiger partial charge in [-0.25, -0.2) is 4.79 Å². The van der Waals surface area contributed by atoms with E-state index in [-0.39, 0.29) is 16.6 Å². The lowest BCUT2D eigenvalue weighted by atomic mass is 10.2. The van der Waals surface area contributed by atoms with Gasteiger partial charge in [0, 0.05) is 12.6 Å². The molecule has 0 aliphatic heterocycles. The summed E-state index contributed by atoms with van der Waals surface area (Å²) in [5.74, 6) is -0.301. The van der Waals surface area contributed by atoms with Gasteiger partial charge in [0.25, 0.3) is 0 Å². The van der Waals surface area contributed by atoms with Crippen LogP contribution in [0.5, 0.6) is 0 Å². The third-order valence-electron chi connectivity index (χ3n) is 1.99. The molecule has 0 unspecified atom stereocenters. The van der Waals surface area contributed by atoms with E-state index in [1.165, 1.54) is 25.1 Å². The topological polar surface area (TPSA) is 70.2 Å². The standard InChI is InChI=1S/C11H11ClF3N3O2/c1-6(19)17-7-2-3-9(8(12)4-7)18-10(20)16-5-11(13,14)15/h2-4H,5H2,1H3,(H,17,19)(H2,16,18,20). The molecule has 0 atom stereocenters. The van der Waals surface area contributed by atoms with Gasteiger partial charge >= 0.3 is 12.2 Å². The van der Waals surface area contributed by atoms with Gasteiger partial charge in [0.2, 0.25) is 5.91 Å². The van der Waals surface area contributed by atoms with Crippen LogP contribution in [0.25, 0.3) is 0 Å². The molecule has 0 heterocycles. The van der Waals surface area contributed by atoms with Gasteiger partial charge in [0.05, 0.1) is 10.7 Å². The first kappa shape index (κ1) is 16.1. The van der Waals surface area contributed by atoms with Crippen LogP contribution in [0.3, 0.4) is 0 Å². The zero-order valence-corrected chi connectivity index (χ0v) is 11.0. The first-order chi connectivity index (χ1) is 9.17. The predicted octanol–water partition coefficient (Wildman–Crippen LogP) is 2.98. The fourth-order valence-corrected chi connectivity index (χ4v) is 1.47. The van der Waals surface area contributed by atoms with Crippen molar-refractivity contribution in [3.05, 3.63) is 23.2 Å². The first-order valence-corrected chi connectivity index (χ1v) is 5.74. The highest BCUT2D eigenvalue weighted by Crippen LogP contribution is 2.25. The number of amides is 3. The molecule has 1 aromatic rings. The quantitative estimate of drug-likeness (QED) is 0.803. The second-order valence-corrected chi connectivity index (χ2v) is 4.21. The monoisotopic (exact) mass is 309 g/mol. The smallest absolute Gasteiger partial charge is 0.329 e. The Balaban J connectivity index is 2.64. The number of nitrogens with one attached hydrogen (secondary N) is 3. The lowest BCUT2D eigenvalue weighted by Gasteiger charge is -2.11. The van der Waals surface area contributed by atoms with Gasteiger partial charge in [-0.05, 0) is 18.2 Å². The lowest BCUT2D eigenvalue weighted by Crippen LogP contribution is -2.36. The molecular formula is C11H11ClF3N3O2. The zero-order chi connectivity index (χ0) is 15.3. The van der Waals surface area contributed by atoms with E-state index in [0.717, 1.165) is 0 Å². The van der Waals surface area contributed by atoms with E-state index in [2.05, 4.69) is 10.6 Å². The molecule has 0 spiro atoms. The summed E-state index contributed by atoms with van der Waals surface area (Å²) < 4.78 is 35.7. The molecule has 0 aliphatic rings. The van der Waals surface area contributed by atoms with Crippen molar-refractivity contribution in [2.24, 2.45) is 0 Å². The van der Waals surface area contributed by atoms with Crippen molar-refractivity contribution in [3.8, 4) is 0 Å². The Labute approximate surface area is 117 Å². The van der Waals surface area contributed by atoms with E-state index >= 15 is 0 Å². The third kappa shape index (κ3) is 5.79. The molecule has 1 rings (SSSR count). The average Bonchev–Trinajstić information content (AvgIpc) is 2.28. The van der Waals surface area contributed by atoms with Crippen LogP contribution in [0.1, 0.15) is 6.92 Å². The van der Waals surface area contributed by atoms with E-state index in [1.54, 1.807) is 5.32 Å². The molecule has 0 aromatic heterocycles. The largest absolute Gasteiger partial charge is 0.405 e. The summed E-state index contributed by atoms with van der Waals surface area (Å²) in [5.41, 5.74) is 0.532. The number of hydrogen-bond donors (Lipinski definition) is 3.